The highest BCUT2D eigenvalue weighted by molar-refractivity contribution is 5.96. The molecule has 1 aromatic carbocycles. The summed E-state index contributed by atoms with van der Waals surface area (Å²) in [7, 11) is 0. The van der Waals surface area contributed by atoms with Crippen molar-refractivity contribution in [3.05, 3.63) is 39.4 Å². The monoisotopic (exact) mass is 248 g/mol. The van der Waals surface area contributed by atoms with Crippen molar-refractivity contribution in [2.24, 2.45) is 0 Å². The first-order chi connectivity index (χ1) is 8.59. The number of hydrogen-bond donors (Lipinski definition) is 0. The highest BCUT2D eigenvalue weighted by Gasteiger charge is 2.20. The van der Waals surface area contributed by atoms with Gasteiger partial charge in [-0.05, 0) is 37.8 Å². The van der Waals surface area contributed by atoms with Crippen molar-refractivity contribution in [2.75, 3.05) is 13.1 Å². The van der Waals surface area contributed by atoms with Gasteiger partial charge in [0.1, 0.15) is 0 Å². The maximum Gasteiger partial charge on any atom is 0.269 e. The number of amides is 1. The lowest BCUT2D eigenvalue weighted by molar-refractivity contribution is -0.384. The first-order valence-electron chi connectivity index (χ1n) is 6.14. The molecule has 0 atom stereocenters. The second kappa shape index (κ2) is 5.16. The first kappa shape index (κ1) is 12.5. The Labute approximate surface area is 106 Å². The Morgan fingerprint density at radius 3 is 2.50 bits per heavy atom. The van der Waals surface area contributed by atoms with E-state index in [4.69, 9.17) is 0 Å². The fraction of sp³-hybridized carbons (Fsp3) is 0.462. The lowest BCUT2D eigenvalue weighted by Gasteiger charge is -2.27. The van der Waals surface area contributed by atoms with Gasteiger partial charge in [-0.2, -0.15) is 0 Å². The van der Waals surface area contributed by atoms with Gasteiger partial charge >= 0.3 is 0 Å². The molecule has 1 aliphatic rings. The van der Waals surface area contributed by atoms with Gasteiger partial charge in [0.15, 0.2) is 0 Å². The molecular weight excluding hydrogens is 232 g/mol. The molecule has 1 heterocycles. The van der Waals surface area contributed by atoms with E-state index < -0.39 is 4.92 Å². The molecule has 2 rings (SSSR count). The Balaban J connectivity index is 2.22. The van der Waals surface area contributed by atoms with Crippen molar-refractivity contribution >= 4 is 11.6 Å². The average molecular weight is 248 g/mol. The van der Waals surface area contributed by atoms with Gasteiger partial charge in [-0.15, -0.1) is 0 Å². The van der Waals surface area contributed by atoms with Crippen molar-refractivity contribution in [2.45, 2.75) is 26.2 Å². The standard InChI is InChI=1S/C13H16N2O3/c1-10-9-11(15(17)18)5-6-12(10)13(16)14-7-3-2-4-8-14/h5-6,9H,2-4,7-8H2,1H3. The summed E-state index contributed by atoms with van der Waals surface area (Å²) in [5.74, 6) is -0.0119. The van der Waals surface area contributed by atoms with Gasteiger partial charge in [0.25, 0.3) is 11.6 Å². The molecule has 1 saturated heterocycles. The Morgan fingerprint density at radius 1 is 1.28 bits per heavy atom. The van der Waals surface area contributed by atoms with Crippen LogP contribution in [-0.4, -0.2) is 28.8 Å². The SMILES string of the molecule is Cc1cc([N+](=O)[O-])ccc1C(=O)N1CCCCC1. The van der Waals surface area contributed by atoms with Crippen LogP contribution in [0.25, 0.3) is 0 Å². The second-order valence-corrected chi connectivity index (χ2v) is 4.61. The van der Waals surface area contributed by atoms with E-state index in [1.807, 2.05) is 4.90 Å². The van der Waals surface area contributed by atoms with E-state index in [0.717, 1.165) is 25.9 Å². The van der Waals surface area contributed by atoms with Crippen LogP contribution in [0.15, 0.2) is 18.2 Å². The number of aryl methyl sites for hydroxylation is 1. The molecule has 1 fully saturated rings. The number of carbonyl (C=O) groups excluding carboxylic acids is 1. The molecule has 5 nitrogen and oxygen atoms in total. The first-order valence-corrected chi connectivity index (χ1v) is 6.14. The van der Waals surface area contributed by atoms with E-state index in [9.17, 15) is 14.9 Å². The predicted octanol–water partition coefficient (Wildman–Crippen LogP) is 2.53. The number of nitro benzene ring substituents is 1. The van der Waals surface area contributed by atoms with Crippen LogP contribution in [0.4, 0.5) is 5.69 Å². The third kappa shape index (κ3) is 2.50. The molecule has 0 N–H and O–H groups in total. The molecule has 0 aliphatic carbocycles. The molecule has 0 unspecified atom stereocenters. The largest absolute Gasteiger partial charge is 0.339 e. The summed E-state index contributed by atoms with van der Waals surface area (Å²) in [6.45, 7) is 3.31. The van der Waals surface area contributed by atoms with Gasteiger partial charge in [-0.1, -0.05) is 0 Å². The average Bonchev–Trinajstić information content (AvgIpc) is 2.38. The quantitative estimate of drug-likeness (QED) is 0.596. The van der Waals surface area contributed by atoms with E-state index >= 15 is 0 Å². The number of nitrogens with zero attached hydrogens (tertiary/aromatic N) is 2. The number of benzene rings is 1. The summed E-state index contributed by atoms with van der Waals surface area (Å²) in [5, 5.41) is 10.6. The number of non-ortho nitro benzene ring substituents is 1. The van der Waals surface area contributed by atoms with E-state index in [1.54, 1.807) is 13.0 Å². The number of likely N-dealkylation sites (tertiary alicyclic amines) is 1. The maximum atomic E-state index is 12.3. The predicted molar refractivity (Wildman–Crippen MR) is 67.6 cm³/mol. The molecule has 1 aromatic rings. The van der Waals surface area contributed by atoms with Crippen LogP contribution in [0.5, 0.6) is 0 Å². The smallest absolute Gasteiger partial charge is 0.269 e. The van der Waals surface area contributed by atoms with Gasteiger partial charge in [-0.25, -0.2) is 0 Å². The number of nitro groups is 1. The van der Waals surface area contributed by atoms with Gasteiger partial charge in [-0.3, -0.25) is 14.9 Å². The van der Waals surface area contributed by atoms with Crippen LogP contribution in [-0.2, 0) is 0 Å². The van der Waals surface area contributed by atoms with Crippen LogP contribution >= 0.6 is 0 Å². The van der Waals surface area contributed by atoms with Crippen LogP contribution < -0.4 is 0 Å². The normalized spacial score (nSPS) is 15.5. The van der Waals surface area contributed by atoms with Crippen molar-refractivity contribution in [1.29, 1.82) is 0 Å². The molecule has 1 amide bonds. The van der Waals surface area contributed by atoms with Crippen molar-refractivity contribution in [1.82, 2.24) is 4.90 Å². The zero-order valence-electron chi connectivity index (χ0n) is 10.4. The molecule has 0 spiro atoms. The third-order valence-electron chi connectivity index (χ3n) is 3.29. The van der Waals surface area contributed by atoms with Crippen LogP contribution in [0.2, 0.25) is 0 Å². The molecule has 18 heavy (non-hydrogen) atoms. The van der Waals surface area contributed by atoms with E-state index in [1.165, 1.54) is 18.6 Å². The third-order valence-corrected chi connectivity index (χ3v) is 3.29. The van der Waals surface area contributed by atoms with Crippen molar-refractivity contribution in [3.8, 4) is 0 Å². The molecule has 5 heteroatoms. The molecule has 0 saturated carbocycles. The molecule has 1 aliphatic heterocycles. The van der Waals surface area contributed by atoms with Gasteiger partial charge in [0, 0.05) is 30.8 Å². The highest BCUT2D eigenvalue weighted by Crippen LogP contribution is 2.20. The van der Waals surface area contributed by atoms with Crippen LogP contribution in [0, 0.1) is 17.0 Å². The zero-order valence-corrected chi connectivity index (χ0v) is 10.4. The summed E-state index contributed by atoms with van der Waals surface area (Å²) < 4.78 is 0. The van der Waals surface area contributed by atoms with Gasteiger partial charge in [0.2, 0.25) is 0 Å². The van der Waals surface area contributed by atoms with Crippen molar-refractivity contribution < 1.29 is 9.72 Å². The minimum atomic E-state index is -0.442. The topological polar surface area (TPSA) is 63.5 Å². The molecular formula is C13H16N2O3. The fourth-order valence-electron chi connectivity index (χ4n) is 2.27. The van der Waals surface area contributed by atoms with Crippen LogP contribution in [0.3, 0.4) is 0 Å². The fourth-order valence-corrected chi connectivity index (χ4v) is 2.27. The Hall–Kier alpha value is -1.91. The Morgan fingerprint density at radius 2 is 1.94 bits per heavy atom. The van der Waals surface area contributed by atoms with Gasteiger partial charge < -0.3 is 4.90 Å². The zero-order chi connectivity index (χ0) is 13.1. The van der Waals surface area contributed by atoms with E-state index in [0.29, 0.717) is 11.1 Å². The minimum Gasteiger partial charge on any atom is -0.339 e. The number of carbonyl (C=O) groups is 1. The summed E-state index contributed by atoms with van der Waals surface area (Å²) in [6, 6.07) is 4.41. The summed E-state index contributed by atoms with van der Waals surface area (Å²) in [5.41, 5.74) is 1.27. The maximum absolute atomic E-state index is 12.3. The number of rotatable bonds is 2. The summed E-state index contributed by atoms with van der Waals surface area (Å²) in [4.78, 5) is 24.3. The number of piperidine rings is 1. The highest BCUT2D eigenvalue weighted by atomic mass is 16.6. The minimum absolute atomic E-state index is 0.0119. The Bertz CT molecular complexity index is 479. The molecule has 0 aromatic heterocycles. The molecule has 96 valence electrons. The molecule has 0 radical (unpaired) electrons. The van der Waals surface area contributed by atoms with E-state index in [2.05, 4.69) is 0 Å². The van der Waals surface area contributed by atoms with Gasteiger partial charge in [0.05, 0.1) is 4.92 Å². The number of hydrogen-bond acceptors (Lipinski definition) is 3. The summed E-state index contributed by atoms with van der Waals surface area (Å²) >= 11 is 0. The lowest BCUT2D eigenvalue weighted by Crippen LogP contribution is -2.35. The second-order valence-electron chi connectivity index (χ2n) is 4.61. The van der Waals surface area contributed by atoms with Crippen LogP contribution in [0.1, 0.15) is 35.2 Å². The van der Waals surface area contributed by atoms with Crippen molar-refractivity contribution in [3.63, 3.8) is 0 Å². The molecule has 0 bridgehead atoms. The van der Waals surface area contributed by atoms with E-state index in [-0.39, 0.29) is 11.6 Å². The Kier molecular flexibility index (Phi) is 3.60. The lowest BCUT2D eigenvalue weighted by atomic mass is 10.0. The summed E-state index contributed by atoms with van der Waals surface area (Å²) in [6.07, 6.45) is 3.25.